The highest BCUT2D eigenvalue weighted by molar-refractivity contribution is 8.01. The van der Waals surface area contributed by atoms with Crippen molar-refractivity contribution in [2.75, 3.05) is 11.1 Å². The van der Waals surface area contributed by atoms with Gasteiger partial charge in [-0.2, -0.15) is 5.26 Å². The van der Waals surface area contributed by atoms with Crippen LogP contribution in [0.15, 0.2) is 22.4 Å². The van der Waals surface area contributed by atoms with Gasteiger partial charge in [0.1, 0.15) is 0 Å². The molecule has 122 valence electrons. The lowest BCUT2D eigenvalue weighted by molar-refractivity contribution is 0.102. The first-order valence-corrected chi connectivity index (χ1v) is 9.17. The van der Waals surface area contributed by atoms with Gasteiger partial charge in [-0.1, -0.05) is 23.1 Å². The van der Waals surface area contributed by atoms with Gasteiger partial charge in [-0.15, -0.1) is 0 Å². The molecule has 0 saturated heterocycles. The topological polar surface area (TPSA) is 81.6 Å². The summed E-state index contributed by atoms with van der Waals surface area (Å²) in [6.07, 6.45) is 0. The van der Waals surface area contributed by atoms with Crippen LogP contribution in [0.5, 0.6) is 0 Å². The molecule has 0 atom stereocenters. The smallest absolute Gasteiger partial charge is 0.257 e. The van der Waals surface area contributed by atoms with Crippen LogP contribution in [0.3, 0.4) is 0 Å². The van der Waals surface area contributed by atoms with Crippen LogP contribution in [0.25, 0.3) is 10.9 Å². The van der Waals surface area contributed by atoms with E-state index in [1.165, 1.54) is 23.1 Å². The summed E-state index contributed by atoms with van der Waals surface area (Å²) >= 11 is 2.83. The zero-order chi connectivity index (χ0) is 17.3. The van der Waals surface area contributed by atoms with E-state index in [9.17, 15) is 4.79 Å². The van der Waals surface area contributed by atoms with E-state index in [0.717, 1.165) is 32.1 Å². The fourth-order valence-corrected chi connectivity index (χ4v) is 4.23. The van der Waals surface area contributed by atoms with Crippen LogP contribution in [-0.4, -0.2) is 21.6 Å². The number of nitriles is 1. The molecule has 2 heterocycles. The standard InChI is InChI=1S/C17H16N4OS2/c1-9-10(2)19-14-5-4-12(8-13(9)14)15(22)21-17-20-11(3)16(24-17)23-7-6-18/h4-5,8,19H,7H2,1-3H3,(H,20,21,22). The van der Waals surface area contributed by atoms with Crippen molar-refractivity contribution < 1.29 is 4.79 Å². The molecule has 0 spiro atoms. The fraction of sp³-hybridized carbons (Fsp3) is 0.235. The Hall–Kier alpha value is -2.30. The van der Waals surface area contributed by atoms with Gasteiger partial charge in [-0.25, -0.2) is 4.98 Å². The highest BCUT2D eigenvalue weighted by Gasteiger charge is 2.14. The van der Waals surface area contributed by atoms with Crippen LogP contribution in [0.2, 0.25) is 0 Å². The van der Waals surface area contributed by atoms with Crippen molar-refractivity contribution in [2.24, 2.45) is 0 Å². The van der Waals surface area contributed by atoms with Gasteiger partial charge in [-0.05, 0) is 44.5 Å². The number of carbonyl (C=O) groups is 1. The van der Waals surface area contributed by atoms with Gasteiger partial charge in [-0.3, -0.25) is 10.1 Å². The number of H-pyrrole nitrogens is 1. The number of carbonyl (C=O) groups excluding carboxylic acids is 1. The van der Waals surface area contributed by atoms with Crippen molar-refractivity contribution >= 4 is 45.0 Å². The molecule has 0 unspecified atom stereocenters. The third-order valence-electron chi connectivity index (χ3n) is 3.81. The number of hydrogen-bond donors (Lipinski definition) is 2. The Labute approximate surface area is 148 Å². The summed E-state index contributed by atoms with van der Waals surface area (Å²) in [5, 5.41) is 13.1. The number of fused-ring (bicyclic) bond motifs is 1. The SMILES string of the molecule is Cc1nc(NC(=O)c2ccc3[nH]c(C)c(C)c3c2)sc1SCC#N. The molecular weight excluding hydrogens is 340 g/mol. The Morgan fingerprint density at radius 1 is 1.42 bits per heavy atom. The molecule has 0 fully saturated rings. The van der Waals surface area contributed by atoms with Gasteiger partial charge in [0.2, 0.25) is 0 Å². The number of nitrogens with one attached hydrogen (secondary N) is 2. The normalized spacial score (nSPS) is 10.8. The molecule has 2 aromatic heterocycles. The summed E-state index contributed by atoms with van der Waals surface area (Å²) in [6, 6.07) is 7.72. The quantitative estimate of drug-likeness (QED) is 0.678. The second-order valence-electron chi connectivity index (χ2n) is 5.43. The number of aromatic amines is 1. The monoisotopic (exact) mass is 356 g/mol. The first-order valence-electron chi connectivity index (χ1n) is 7.37. The second kappa shape index (κ2) is 6.67. The van der Waals surface area contributed by atoms with Crippen LogP contribution >= 0.6 is 23.1 Å². The molecule has 2 N–H and O–H groups in total. The predicted octanol–water partition coefficient (Wildman–Crippen LogP) is 4.42. The van der Waals surface area contributed by atoms with Crippen molar-refractivity contribution in [2.45, 2.75) is 25.0 Å². The maximum Gasteiger partial charge on any atom is 0.257 e. The number of thiazole rings is 1. The van der Waals surface area contributed by atoms with E-state index in [1.807, 2.05) is 32.9 Å². The second-order valence-corrected chi connectivity index (χ2v) is 7.67. The van der Waals surface area contributed by atoms with Crippen LogP contribution in [0.4, 0.5) is 5.13 Å². The fourth-order valence-electron chi connectivity index (χ4n) is 2.44. The molecule has 0 aliphatic carbocycles. The Balaban J connectivity index is 1.82. The maximum absolute atomic E-state index is 12.5. The number of aromatic nitrogens is 2. The summed E-state index contributed by atoms with van der Waals surface area (Å²) in [5.74, 6) is 0.194. The summed E-state index contributed by atoms with van der Waals surface area (Å²) in [5.41, 5.74) is 4.73. The number of rotatable bonds is 4. The van der Waals surface area contributed by atoms with Crippen molar-refractivity contribution in [1.82, 2.24) is 9.97 Å². The number of benzene rings is 1. The van der Waals surface area contributed by atoms with Gasteiger partial charge in [0.15, 0.2) is 5.13 Å². The molecule has 0 saturated carbocycles. The van der Waals surface area contributed by atoms with E-state index in [-0.39, 0.29) is 5.91 Å². The molecule has 24 heavy (non-hydrogen) atoms. The van der Waals surface area contributed by atoms with Gasteiger partial charge < -0.3 is 4.98 Å². The zero-order valence-corrected chi connectivity index (χ0v) is 15.2. The van der Waals surface area contributed by atoms with Gasteiger partial charge in [0.05, 0.1) is 21.7 Å². The molecule has 3 rings (SSSR count). The molecule has 3 aromatic rings. The molecule has 1 amide bonds. The summed E-state index contributed by atoms with van der Waals surface area (Å²) in [4.78, 5) is 20.2. The third-order valence-corrected chi connectivity index (χ3v) is 6.11. The van der Waals surface area contributed by atoms with Crippen LogP contribution in [-0.2, 0) is 0 Å². The number of hydrogen-bond acceptors (Lipinski definition) is 5. The Morgan fingerprint density at radius 2 is 2.21 bits per heavy atom. The molecule has 0 bridgehead atoms. The van der Waals surface area contributed by atoms with Crippen molar-refractivity contribution in [3.05, 3.63) is 40.7 Å². The Morgan fingerprint density at radius 3 is 2.96 bits per heavy atom. The molecule has 0 aliphatic rings. The van der Waals surface area contributed by atoms with Gasteiger partial charge in [0.25, 0.3) is 5.91 Å². The average molecular weight is 356 g/mol. The minimum atomic E-state index is -0.180. The lowest BCUT2D eigenvalue weighted by Crippen LogP contribution is -2.11. The minimum Gasteiger partial charge on any atom is -0.358 e. The summed E-state index contributed by atoms with van der Waals surface area (Å²) in [7, 11) is 0. The summed E-state index contributed by atoms with van der Waals surface area (Å²) < 4.78 is 0.958. The molecule has 7 heteroatoms. The number of anilines is 1. The van der Waals surface area contributed by atoms with E-state index in [0.29, 0.717) is 16.4 Å². The summed E-state index contributed by atoms with van der Waals surface area (Å²) in [6.45, 7) is 5.94. The molecule has 5 nitrogen and oxygen atoms in total. The van der Waals surface area contributed by atoms with E-state index in [4.69, 9.17) is 5.26 Å². The molecule has 0 radical (unpaired) electrons. The number of nitrogens with zero attached hydrogens (tertiary/aromatic N) is 2. The van der Waals surface area contributed by atoms with Crippen LogP contribution in [0.1, 0.15) is 27.3 Å². The van der Waals surface area contributed by atoms with E-state index >= 15 is 0 Å². The van der Waals surface area contributed by atoms with Crippen molar-refractivity contribution in [3.8, 4) is 6.07 Å². The number of aryl methyl sites for hydroxylation is 3. The number of thioether (sulfide) groups is 1. The molecular formula is C17H16N4OS2. The third kappa shape index (κ3) is 3.16. The largest absolute Gasteiger partial charge is 0.358 e. The van der Waals surface area contributed by atoms with Crippen molar-refractivity contribution in [1.29, 1.82) is 5.26 Å². The van der Waals surface area contributed by atoms with Gasteiger partial charge in [0, 0.05) is 22.2 Å². The highest BCUT2D eigenvalue weighted by atomic mass is 32.2. The predicted molar refractivity (Wildman–Crippen MR) is 98.9 cm³/mol. The van der Waals surface area contributed by atoms with E-state index in [1.54, 1.807) is 6.07 Å². The van der Waals surface area contributed by atoms with Crippen LogP contribution in [0, 0.1) is 32.1 Å². The lowest BCUT2D eigenvalue weighted by atomic mass is 10.1. The molecule has 1 aromatic carbocycles. The first-order chi connectivity index (χ1) is 11.5. The Kier molecular flexibility index (Phi) is 4.60. The average Bonchev–Trinajstić information content (AvgIpc) is 3.05. The Bertz CT molecular complexity index is 965. The van der Waals surface area contributed by atoms with E-state index < -0.39 is 0 Å². The lowest BCUT2D eigenvalue weighted by Gasteiger charge is -2.02. The first kappa shape index (κ1) is 16.6. The van der Waals surface area contributed by atoms with Gasteiger partial charge >= 0.3 is 0 Å². The van der Waals surface area contributed by atoms with Crippen LogP contribution < -0.4 is 5.32 Å². The maximum atomic E-state index is 12.5. The highest BCUT2D eigenvalue weighted by Crippen LogP contribution is 2.32. The molecule has 0 aliphatic heterocycles. The number of amides is 1. The van der Waals surface area contributed by atoms with Crippen molar-refractivity contribution in [3.63, 3.8) is 0 Å². The van der Waals surface area contributed by atoms with E-state index in [2.05, 4.69) is 21.4 Å². The minimum absolute atomic E-state index is 0.180. The zero-order valence-electron chi connectivity index (χ0n) is 13.6.